The second-order valence-electron chi connectivity index (χ2n) is 9.18. The van der Waals surface area contributed by atoms with E-state index in [-0.39, 0.29) is 30.2 Å². The molecule has 1 aromatic rings. The number of halogens is 3. The Morgan fingerprint density at radius 2 is 1.81 bits per heavy atom. The zero-order chi connectivity index (χ0) is 24.2. The molecule has 32 heavy (non-hydrogen) atoms. The maximum atomic E-state index is 14.2. The summed E-state index contributed by atoms with van der Waals surface area (Å²) in [6.45, 7) is 9.17. The molecule has 3 atom stereocenters. The summed E-state index contributed by atoms with van der Waals surface area (Å²) >= 11 is 0. The van der Waals surface area contributed by atoms with E-state index in [0.29, 0.717) is 25.2 Å². The van der Waals surface area contributed by atoms with Crippen LogP contribution < -0.4 is 10.6 Å². The molecule has 0 spiro atoms. The fraction of sp³-hybridized carbons (Fsp3) is 0.591. The van der Waals surface area contributed by atoms with Gasteiger partial charge in [-0.2, -0.15) is 0 Å². The first kappa shape index (κ1) is 25.5. The predicted molar refractivity (Wildman–Crippen MR) is 111 cm³/mol. The topological polar surface area (TPSA) is 87.7 Å². The number of hydrogen-bond acceptors (Lipinski definition) is 4. The normalized spacial score (nSPS) is 20.2. The molecular formula is C22H30F3N3O4. The van der Waals surface area contributed by atoms with E-state index in [1.807, 2.05) is 6.92 Å². The zero-order valence-corrected chi connectivity index (χ0v) is 18.9. The standard InChI is InChI=1S/C22H30F3N3O4/c1-12-10-26-20(30)13(2)28(11-12)19(29)8-15(27-21(31)32-22(3,4)5)6-14-7-17(24)18(25)9-16(14)23/h7,9,12-13,15H,6,8,10-11H2,1-5H3,(H,26,30)(H,27,31)/t12-,13+,15+/m0/s1. The maximum Gasteiger partial charge on any atom is 0.407 e. The van der Waals surface area contributed by atoms with Gasteiger partial charge in [-0.25, -0.2) is 18.0 Å². The molecule has 1 aromatic carbocycles. The first-order valence-electron chi connectivity index (χ1n) is 10.5. The van der Waals surface area contributed by atoms with Gasteiger partial charge in [0.1, 0.15) is 17.5 Å². The van der Waals surface area contributed by atoms with Crippen molar-refractivity contribution in [1.29, 1.82) is 0 Å². The second-order valence-corrected chi connectivity index (χ2v) is 9.18. The molecule has 10 heteroatoms. The smallest absolute Gasteiger partial charge is 0.407 e. The van der Waals surface area contributed by atoms with Gasteiger partial charge in [-0.1, -0.05) is 6.92 Å². The van der Waals surface area contributed by atoms with E-state index in [1.165, 1.54) is 4.90 Å². The molecule has 3 amide bonds. The Hall–Kier alpha value is -2.78. The lowest BCUT2D eigenvalue weighted by Crippen LogP contribution is -2.49. The zero-order valence-electron chi connectivity index (χ0n) is 18.9. The van der Waals surface area contributed by atoms with Crippen molar-refractivity contribution in [3.63, 3.8) is 0 Å². The quantitative estimate of drug-likeness (QED) is 0.666. The van der Waals surface area contributed by atoms with E-state index in [9.17, 15) is 27.6 Å². The molecule has 7 nitrogen and oxygen atoms in total. The predicted octanol–water partition coefficient (Wildman–Crippen LogP) is 2.91. The average Bonchev–Trinajstić information content (AvgIpc) is 2.77. The SMILES string of the molecule is C[C@H]1CNC(=O)[C@@H](C)N(C(=O)C[C@@H](Cc2cc(F)c(F)cc2F)NC(=O)OC(C)(C)C)C1. The molecule has 1 heterocycles. The van der Waals surface area contributed by atoms with Crippen molar-refractivity contribution in [2.75, 3.05) is 13.1 Å². The largest absolute Gasteiger partial charge is 0.444 e. The number of rotatable bonds is 5. The van der Waals surface area contributed by atoms with Gasteiger partial charge < -0.3 is 20.3 Å². The Bertz CT molecular complexity index is 873. The molecule has 0 aromatic heterocycles. The van der Waals surface area contributed by atoms with Crippen LogP contribution in [0.3, 0.4) is 0 Å². The molecule has 2 rings (SSSR count). The highest BCUT2D eigenvalue weighted by Gasteiger charge is 2.32. The maximum absolute atomic E-state index is 14.2. The second kappa shape index (κ2) is 10.2. The number of alkyl carbamates (subject to hydrolysis) is 1. The van der Waals surface area contributed by atoms with Gasteiger partial charge >= 0.3 is 6.09 Å². The number of amides is 3. The summed E-state index contributed by atoms with van der Waals surface area (Å²) in [5.74, 6) is -4.30. The van der Waals surface area contributed by atoms with Crippen molar-refractivity contribution in [1.82, 2.24) is 15.5 Å². The van der Waals surface area contributed by atoms with Crippen molar-refractivity contribution in [3.8, 4) is 0 Å². The lowest BCUT2D eigenvalue weighted by molar-refractivity contribution is -0.139. The summed E-state index contributed by atoms with van der Waals surface area (Å²) in [4.78, 5) is 38.9. The highest BCUT2D eigenvalue weighted by Crippen LogP contribution is 2.19. The van der Waals surface area contributed by atoms with Gasteiger partial charge in [0, 0.05) is 31.6 Å². The number of nitrogens with zero attached hydrogens (tertiary/aromatic N) is 1. The molecule has 2 N–H and O–H groups in total. The summed E-state index contributed by atoms with van der Waals surface area (Å²) in [6, 6.07) is -0.594. The minimum absolute atomic E-state index is 0.00811. The van der Waals surface area contributed by atoms with Crippen LogP contribution in [0.5, 0.6) is 0 Å². The Labute approximate surface area is 185 Å². The monoisotopic (exact) mass is 457 g/mol. The van der Waals surface area contributed by atoms with Gasteiger partial charge in [0.25, 0.3) is 0 Å². The van der Waals surface area contributed by atoms with Crippen molar-refractivity contribution in [3.05, 3.63) is 35.1 Å². The Kier molecular flexibility index (Phi) is 8.14. The minimum Gasteiger partial charge on any atom is -0.444 e. The van der Waals surface area contributed by atoms with Crippen LogP contribution in [0, 0.1) is 23.4 Å². The van der Waals surface area contributed by atoms with Gasteiger partial charge in [0.05, 0.1) is 0 Å². The molecule has 0 radical (unpaired) electrons. The van der Waals surface area contributed by atoms with Crippen LogP contribution >= 0.6 is 0 Å². The van der Waals surface area contributed by atoms with Crippen molar-refractivity contribution in [2.45, 2.75) is 65.1 Å². The van der Waals surface area contributed by atoms with Crippen LogP contribution in [0.15, 0.2) is 12.1 Å². The van der Waals surface area contributed by atoms with Crippen LogP contribution in [0.4, 0.5) is 18.0 Å². The van der Waals surface area contributed by atoms with E-state index >= 15 is 0 Å². The third kappa shape index (κ3) is 7.13. The van der Waals surface area contributed by atoms with Gasteiger partial charge in [-0.3, -0.25) is 9.59 Å². The summed E-state index contributed by atoms with van der Waals surface area (Å²) in [5.41, 5.74) is -1.02. The lowest BCUT2D eigenvalue weighted by atomic mass is 10.0. The number of carbonyl (C=O) groups is 3. The molecule has 0 saturated carbocycles. The number of benzene rings is 1. The van der Waals surface area contributed by atoms with E-state index < -0.39 is 47.1 Å². The fourth-order valence-electron chi connectivity index (χ4n) is 3.40. The van der Waals surface area contributed by atoms with E-state index in [2.05, 4.69) is 10.6 Å². The third-order valence-corrected chi connectivity index (χ3v) is 5.00. The lowest BCUT2D eigenvalue weighted by Gasteiger charge is -2.29. The highest BCUT2D eigenvalue weighted by atomic mass is 19.2. The number of ether oxygens (including phenoxy) is 1. The fourth-order valence-corrected chi connectivity index (χ4v) is 3.40. The van der Waals surface area contributed by atoms with Gasteiger partial charge in [-0.15, -0.1) is 0 Å². The Morgan fingerprint density at radius 1 is 1.19 bits per heavy atom. The molecule has 0 bridgehead atoms. The summed E-state index contributed by atoms with van der Waals surface area (Å²) < 4.78 is 46.4. The van der Waals surface area contributed by atoms with Gasteiger partial charge in [0.2, 0.25) is 11.8 Å². The molecular weight excluding hydrogens is 427 g/mol. The molecule has 0 unspecified atom stereocenters. The van der Waals surface area contributed by atoms with Crippen molar-refractivity contribution in [2.24, 2.45) is 5.92 Å². The van der Waals surface area contributed by atoms with E-state index in [1.54, 1.807) is 27.7 Å². The molecule has 1 fully saturated rings. The van der Waals surface area contributed by atoms with Crippen LogP contribution in [-0.4, -0.2) is 53.6 Å². The van der Waals surface area contributed by atoms with Crippen LogP contribution in [0.1, 0.15) is 46.6 Å². The van der Waals surface area contributed by atoms with Crippen molar-refractivity contribution < 1.29 is 32.3 Å². The van der Waals surface area contributed by atoms with Crippen molar-refractivity contribution >= 4 is 17.9 Å². The Balaban J connectivity index is 2.25. The van der Waals surface area contributed by atoms with Gasteiger partial charge in [-0.05, 0) is 51.7 Å². The Morgan fingerprint density at radius 3 is 2.44 bits per heavy atom. The summed E-state index contributed by atoms with van der Waals surface area (Å²) in [6.07, 6.45) is -1.41. The van der Waals surface area contributed by atoms with Gasteiger partial charge in [0.15, 0.2) is 11.6 Å². The van der Waals surface area contributed by atoms with E-state index in [0.717, 1.165) is 0 Å². The first-order chi connectivity index (χ1) is 14.8. The molecule has 0 aliphatic carbocycles. The minimum atomic E-state index is -1.34. The summed E-state index contributed by atoms with van der Waals surface area (Å²) in [5, 5.41) is 5.26. The summed E-state index contributed by atoms with van der Waals surface area (Å²) in [7, 11) is 0. The van der Waals surface area contributed by atoms with Crippen LogP contribution in [0.2, 0.25) is 0 Å². The number of carbonyl (C=O) groups excluding carboxylic acids is 3. The third-order valence-electron chi connectivity index (χ3n) is 5.00. The number of hydrogen-bond donors (Lipinski definition) is 2. The van der Waals surface area contributed by atoms with Crippen LogP contribution in [0.25, 0.3) is 0 Å². The average molecular weight is 457 g/mol. The molecule has 178 valence electrons. The van der Waals surface area contributed by atoms with Crippen LogP contribution in [-0.2, 0) is 20.7 Å². The van der Waals surface area contributed by atoms with E-state index in [4.69, 9.17) is 4.74 Å². The molecule has 1 aliphatic rings. The first-order valence-corrected chi connectivity index (χ1v) is 10.5. The molecule has 1 saturated heterocycles. The highest BCUT2D eigenvalue weighted by molar-refractivity contribution is 5.88. The number of nitrogens with one attached hydrogen (secondary N) is 2. The molecule has 1 aliphatic heterocycles.